The molecule has 1 saturated heterocycles. The Kier molecular flexibility index (Phi) is 11.2. The van der Waals surface area contributed by atoms with Crippen molar-refractivity contribution in [3.63, 3.8) is 0 Å². The van der Waals surface area contributed by atoms with Gasteiger partial charge in [-0.05, 0) is 0 Å². The molecule has 0 radical (unpaired) electrons. The van der Waals surface area contributed by atoms with Crippen molar-refractivity contribution in [2.45, 2.75) is 18.4 Å². The minimum atomic E-state index is -0.250. The number of methoxy groups -OCH3 is 1. The standard InChI is InChI=1S/C15H28N4O3.HI/c1-5-8-16-14(17-11-13(20)19(2)3)18-12-15(21-4)6-9-22-10-7-15;/h5H,1,6-12H2,2-4H3,(H2,16,17,18);1H. The van der Waals surface area contributed by atoms with Gasteiger partial charge in [-0.3, -0.25) is 4.79 Å². The van der Waals surface area contributed by atoms with Crippen molar-refractivity contribution in [1.29, 1.82) is 0 Å². The van der Waals surface area contributed by atoms with Gasteiger partial charge in [0.05, 0.1) is 5.60 Å². The summed E-state index contributed by atoms with van der Waals surface area (Å²) >= 11 is 0. The zero-order valence-electron chi connectivity index (χ0n) is 14.3. The fourth-order valence-corrected chi connectivity index (χ4v) is 2.07. The van der Waals surface area contributed by atoms with E-state index in [0.717, 1.165) is 12.8 Å². The van der Waals surface area contributed by atoms with E-state index in [1.807, 2.05) is 0 Å². The first-order valence-electron chi connectivity index (χ1n) is 7.49. The number of halogens is 1. The summed E-state index contributed by atoms with van der Waals surface area (Å²) in [7, 11) is 5.14. The van der Waals surface area contributed by atoms with Gasteiger partial charge in [-0.1, -0.05) is 6.08 Å². The highest BCUT2D eigenvalue weighted by molar-refractivity contribution is 14.0. The summed E-state index contributed by atoms with van der Waals surface area (Å²) in [5.74, 6) is 0.533. The largest absolute Gasteiger partial charge is 0.381 e. The summed E-state index contributed by atoms with van der Waals surface area (Å²) < 4.78 is 11.1. The number of nitrogens with zero attached hydrogens (tertiary/aromatic N) is 2. The van der Waals surface area contributed by atoms with E-state index in [1.54, 1.807) is 27.3 Å². The molecule has 2 N–H and O–H groups in total. The van der Waals surface area contributed by atoms with Crippen molar-refractivity contribution in [3.8, 4) is 0 Å². The van der Waals surface area contributed by atoms with Crippen LogP contribution in [0, 0.1) is 0 Å². The van der Waals surface area contributed by atoms with Crippen molar-refractivity contribution in [1.82, 2.24) is 15.5 Å². The highest BCUT2D eigenvalue weighted by Gasteiger charge is 2.32. The molecule has 134 valence electrons. The van der Waals surface area contributed by atoms with E-state index >= 15 is 0 Å². The normalized spacial score (nSPS) is 16.9. The molecule has 23 heavy (non-hydrogen) atoms. The summed E-state index contributed by atoms with van der Waals surface area (Å²) in [4.78, 5) is 17.5. The van der Waals surface area contributed by atoms with Crippen LogP contribution in [-0.4, -0.2) is 76.4 Å². The number of guanidine groups is 1. The van der Waals surface area contributed by atoms with Crippen LogP contribution < -0.4 is 10.6 Å². The van der Waals surface area contributed by atoms with Crippen LogP contribution in [0.25, 0.3) is 0 Å². The van der Waals surface area contributed by atoms with E-state index in [9.17, 15) is 4.79 Å². The first-order valence-corrected chi connectivity index (χ1v) is 7.49. The predicted molar refractivity (Wildman–Crippen MR) is 102 cm³/mol. The molecule has 1 heterocycles. The van der Waals surface area contributed by atoms with Crippen LogP contribution in [0.2, 0.25) is 0 Å². The number of carbonyl (C=O) groups excluding carboxylic acids is 1. The number of aliphatic imine (C=N–C) groups is 1. The Morgan fingerprint density at radius 3 is 2.57 bits per heavy atom. The molecule has 0 aromatic rings. The Hall–Kier alpha value is -0.870. The topological polar surface area (TPSA) is 75.2 Å². The molecule has 0 bridgehead atoms. The number of hydrogen-bond acceptors (Lipinski definition) is 4. The minimum absolute atomic E-state index is 0. The second-order valence-corrected chi connectivity index (χ2v) is 5.48. The molecule has 0 aromatic carbocycles. The molecule has 0 unspecified atom stereocenters. The van der Waals surface area contributed by atoms with Gasteiger partial charge in [0.2, 0.25) is 5.91 Å². The van der Waals surface area contributed by atoms with Crippen LogP contribution in [0.5, 0.6) is 0 Å². The van der Waals surface area contributed by atoms with Gasteiger partial charge in [0.25, 0.3) is 0 Å². The van der Waals surface area contributed by atoms with Crippen LogP contribution in [0.3, 0.4) is 0 Å². The molecule has 0 atom stereocenters. The Morgan fingerprint density at radius 1 is 1.39 bits per heavy atom. The monoisotopic (exact) mass is 440 g/mol. The zero-order valence-corrected chi connectivity index (χ0v) is 16.6. The van der Waals surface area contributed by atoms with Crippen LogP contribution in [0.4, 0.5) is 0 Å². The molecular weight excluding hydrogens is 411 g/mol. The lowest BCUT2D eigenvalue weighted by atomic mass is 9.94. The van der Waals surface area contributed by atoms with Gasteiger partial charge < -0.3 is 25.0 Å². The molecule has 0 aliphatic carbocycles. The van der Waals surface area contributed by atoms with Crippen molar-refractivity contribution >= 4 is 35.8 Å². The maximum absolute atomic E-state index is 11.6. The van der Waals surface area contributed by atoms with Crippen molar-refractivity contribution in [2.75, 3.05) is 54.1 Å². The number of amides is 1. The fraction of sp³-hybridized carbons (Fsp3) is 0.733. The number of hydrogen-bond donors (Lipinski definition) is 2. The number of ether oxygens (including phenoxy) is 2. The molecule has 1 fully saturated rings. The van der Waals surface area contributed by atoms with E-state index in [1.165, 1.54) is 4.90 Å². The third-order valence-corrected chi connectivity index (χ3v) is 3.70. The van der Waals surface area contributed by atoms with E-state index < -0.39 is 0 Å². The average Bonchev–Trinajstić information content (AvgIpc) is 2.54. The smallest absolute Gasteiger partial charge is 0.243 e. The van der Waals surface area contributed by atoms with Crippen molar-refractivity contribution in [3.05, 3.63) is 12.7 Å². The molecule has 0 aromatic heterocycles. The quantitative estimate of drug-likeness (QED) is 0.263. The van der Waals surface area contributed by atoms with Crippen molar-refractivity contribution in [2.24, 2.45) is 4.99 Å². The highest BCUT2D eigenvalue weighted by atomic mass is 127. The molecular formula is C15H29IN4O3. The van der Waals surface area contributed by atoms with Gasteiger partial charge in [0.15, 0.2) is 5.96 Å². The van der Waals surface area contributed by atoms with Gasteiger partial charge in [0, 0.05) is 60.4 Å². The lowest BCUT2D eigenvalue weighted by molar-refractivity contribution is -0.127. The first-order chi connectivity index (χ1) is 10.5. The van der Waals surface area contributed by atoms with Gasteiger partial charge in [0.1, 0.15) is 6.54 Å². The summed E-state index contributed by atoms with van der Waals surface area (Å²) in [5, 5.41) is 6.36. The van der Waals surface area contributed by atoms with E-state index in [0.29, 0.717) is 32.3 Å². The van der Waals surface area contributed by atoms with Gasteiger partial charge in [-0.15, -0.1) is 30.6 Å². The summed E-state index contributed by atoms with van der Waals surface area (Å²) in [5.41, 5.74) is -0.250. The third-order valence-electron chi connectivity index (χ3n) is 3.70. The molecule has 8 heteroatoms. The molecule has 0 saturated carbocycles. The zero-order chi connectivity index (χ0) is 16.4. The summed E-state index contributed by atoms with van der Waals surface area (Å²) in [6.45, 7) is 6.36. The maximum atomic E-state index is 11.6. The van der Waals surface area contributed by atoms with Crippen LogP contribution in [-0.2, 0) is 14.3 Å². The van der Waals surface area contributed by atoms with Crippen molar-refractivity contribution < 1.29 is 14.3 Å². The van der Waals surface area contributed by atoms with E-state index in [2.05, 4.69) is 22.2 Å². The molecule has 0 spiro atoms. The van der Waals surface area contributed by atoms with E-state index in [4.69, 9.17) is 9.47 Å². The Morgan fingerprint density at radius 2 is 2.04 bits per heavy atom. The lowest BCUT2D eigenvalue weighted by Crippen LogP contribution is -2.51. The Bertz CT molecular complexity index is 396. The molecule has 1 aliphatic rings. The second kappa shape index (κ2) is 11.6. The molecule has 1 rings (SSSR count). The molecule has 1 amide bonds. The number of nitrogens with one attached hydrogen (secondary N) is 2. The van der Waals surface area contributed by atoms with Crippen LogP contribution in [0.1, 0.15) is 12.8 Å². The Balaban J connectivity index is 0.00000484. The third kappa shape index (κ3) is 7.98. The average molecular weight is 440 g/mol. The number of likely N-dealkylation sites (N-methyl/N-ethyl adjacent to an activating group) is 1. The fourth-order valence-electron chi connectivity index (χ4n) is 2.07. The second-order valence-electron chi connectivity index (χ2n) is 5.48. The van der Waals surface area contributed by atoms with Gasteiger partial charge in [-0.25, -0.2) is 4.99 Å². The molecule has 7 nitrogen and oxygen atoms in total. The van der Waals surface area contributed by atoms with Gasteiger partial charge >= 0.3 is 0 Å². The van der Waals surface area contributed by atoms with Crippen LogP contribution >= 0.6 is 24.0 Å². The van der Waals surface area contributed by atoms with Gasteiger partial charge in [-0.2, -0.15) is 0 Å². The number of carbonyl (C=O) groups is 1. The number of rotatable bonds is 7. The lowest BCUT2D eigenvalue weighted by Gasteiger charge is -2.36. The Labute approximate surface area is 155 Å². The maximum Gasteiger partial charge on any atom is 0.243 e. The molecule has 1 aliphatic heterocycles. The minimum Gasteiger partial charge on any atom is -0.381 e. The predicted octanol–water partition coefficient (Wildman–Crippen LogP) is 0.609. The van der Waals surface area contributed by atoms with Crippen LogP contribution in [0.15, 0.2) is 17.6 Å². The highest BCUT2D eigenvalue weighted by Crippen LogP contribution is 2.23. The summed E-state index contributed by atoms with van der Waals surface area (Å²) in [6, 6.07) is 0. The van der Waals surface area contributed by atoms with E-state index in [-0.39, 0.29) is 42.0 Å². The summed E-state index contributed by atoms with van der Waals surface area (Å²) in [6.07, 6.45) is 3.41. The first kappa shape index (κ1) is 22.1. The SMILES string of the molecule is C=CCNC(=NCC(=O)N(C)C)NCC1(OC)CCOCC1.I.